The fourth-order valence-electron chi connectivity index (χ4n) is 6.48. The number of fused-ring (bicyclic) bond motifs is 6. The number of aryl methyl sites for hydroxylation is 2. The van der Waals surface area contributed by atoms with Crippen LogP contribution in [0.3, 0.4) is 0 Å². The molecule has 1 heterocycles. The number of benzene rings is 6. The Bertz CT molecular complexity index is 2100. The minimum atomic E-state index is 1.10. The van der Waals surface area contributed by atoms with Gasteiger partial charge in [-0.2, -0.15) is 0 Å². The van der Waals surface area contributed by atoms with Crippen LogP contribution in [-0.4, -0.2) is 4.57 Å². The highest BCUT2D eigenvalue weighted by atomic mass is 15.0. The Labute approximate surface area is 234 Å². The first kappa shape index (κ1) is 23.0. The third kappa shape index (κ3) is 3.62. The first-order chi connectivity index (χ1) is 19.7. The predicted molar refractivity (Wildman–Crippen MR) is 171 cm³/mol. The minimum Gasteiger partial charge on any atom is -0.308 e. The van der Waals surface area contributed by atoms with Crippen LogP contribution in [0.5, 0.6) is 0 Å². The summed E-state index contributed by atoms with van der Waals surface area (Å²) in [5, 5.41) is 5.14. The van der Waals surface area contributed by atoms with Gasteiger partial charge in [0.1, 0.15) is 0 Å². The van der Waals surface area contributed by atoms with Crippen molar-refractivity contribution >= 4 is 38.7 Å². The van der Waals surface area contributed by atoms with Crippen molar-refractivity contribution in [2.24, 2.45) is 0 Å². The van der Waals surface area contributed by atoms with Crippen LogP contribution in [0.1, 0.15) is 23.1 Å². The Hall–Kier alpha value is -4.88. The second-order valence-electron chi connectivity index (χ2n) is 11.0. The van der Waals surface area contributed by atoms with Crippen LogP contribution in [-0.2, 0) is 6.42 Å². The summed E-state index contributed by atoms with van der Waals surface area (Å²) in [6, 6.07) is 44.9. The SMILES string of the molecule is Cc1ccc(-c2cccc(-c3ccc4c(c3)c3ccc5ccccc5c3n4-c3cccc4c3C=CCC4)c2)cc1. The first-order valence-corrected chi connectivity index (χ1v) is 14.2. The van der Waals surface area contributed by atoms with E-state index in [0.717, 1.165) is 12.8 Å². The number of hydrogen-bond donors (Lipinski definition) is 0. The fourth-order valence-corrected chi connectivity index (χ4v) is 6.48. The lowest BCUT2D eigenvalue weighted by Crippen LogP contribution is -2.03. The van der Waals surface area contributed by atoms with Gasteiger partial charge in [-0.3, -0.25) is 0 Å². The van der Waals surface area contributed by atoms with Crippen LogP contribution >= 0.6 is 0 Å². The average molecular weight is 512 g/mol. The van der Waals surface area contributed by atoms with Gasteiger partial charge in [-0.1, -0.05) is 115 Å². The summed E-state index contributed by atoms with van der Waals surface area (Å²) in [5.74, 6) is 0. The molecule has 0 unspecified atom stereocenters. The summed E-state index contributed by atoms with van der Waals surface area (Å²) in [6.45, 7) is 2.14. The Balaban J connectivity index is 1.40. The van der Waals surface area contributed by atoms with Crippen molar-refractivity contribution < 1.29 is 0 Å². The molecule has 0 saturated heterocycles. The number of nitrogens with zero attached hydrogens (tertiary/aromatic N) is 1. The van der Waals surface area contributed by atoms with Crippen molar-refractivity contribution in [2.45, 2.75) is 19.8 Å². The van der Waals surface area contributed by atoms with Crippen LogP contribution in [0.2, 0.25) is 0 Å². The molecule has 1 nitrogen and oxygen atoms in total. The predicted octanol–water partition coefficient (Wildman–Crippen LogP) is 10.5. The molecule has 190 valence electrons. The third-order valence-corrected chi connectivity index (χ3v) is 8.51. The fraction of sp³-hybridized carbons (Fsp3) is 0.0769. The normalized spacial score (nSPS) is 12.8. The van der Waals surface area contributed by atoms with Crippen molar-refractivity contribution in [1.29, 1.82) is 0 Å². The van der Waals surface area contributed by atoms with Gasteiger partial charge in [0.2, 0.25) is 0 Å². The molecule has 0 amide bonds. The quantitative estimate of drug-likeness (QED) is 0.222. The molecule has 1 aliphatic carbocycles. The number of allylic oxidation sites excluding steroid dienone is 1. The van der Waals surface area contributed by atoms with Gasteiger partial charge in [-0.25, -0.2) is 0 Å². The van der Waals surface area contributed by atoms with Gasteiger partial charge in [0.25, 0.3) is 0 Å². The Kier molecular flexibility index (Phi) is 5.24. The van der Waals surface area contributed by atoms with Gasteiger partial charge in [0.15, 0.2) is 0 Å². The molecule has 0 bridgehead atoms. The second kappa shape index (κ2) is 9.10. The van der Waals surface area contributed by atoms with Crippen LogP contribution in [0.25, 0.3) is 66.6 Å². The summed E-state index contributed by atoms with van der Waals surface area (Å²) in [5.41, 5.74) is 12.8. The molecule has 1 heteroatoms. The van der Waals surface area contributed by atoms with Crippen molar-refractivity contribution in [1.82, 2.24) is 4.57 Å². The molecule has 0 fully saturated rings. The highest BCUT2D eigenvalue weighted by Gasteiger charge is 2.19. The molecule has 0 atom stereocenters. The van der Waals surface area contributed by atoms with Crippen LogP contribution in [0.15, 0.2) is 127 Å². The molecular formula is C39H29N. The molecule has 1 aliphatic rings. The van der Waals surface area contributed by atoms with E-state index in [1.54, 1.807) is 0 Å². The lowest BCUT2D eigenvalue weighted by Gasteiger charge is -2.18. The molecule has 8 rings (SSSR count). The molecule has 0 N–H and O–H groups in total. The Morgan fingerprint density at radius 3 is 2.25 bits per heavy atom. The molecule has 0 aliphatic heterocycles. The van der Waals surface area contributed by atoms with Gasteiger partial charge >= 0.3 is 0 Å². The van der Waals surface area contributed by atoms with Crippen molar-refractivity contribution in [3.8, 4) is 27.9 Å². The smallest absolute Gasteiger partial charge is 0.0619 e. The molecular weight excluding hydrogens is 482 g/mol. The zero-order valence-electron chi connectivity index (χ0n) is 22.6. The lowest BCUT2D eigenvalue weighted by atomic mass is 9.95. The van der Waals surface area contributed by atoms with Crippen LogP contribution in [0.4, 0.5) is 0 Å². The lowest BCUT2D eigenvalue weighted by molar-refractivity contribution is 0.977. The topological polar surface area (TPSA) is 4.93 Å². The molecule has 0 saturated carbocycles. The van der Waals surface area contributed by atoms with Gasteiger partial charge in [0.05, 0.1) is 16.7 Å². The maximum absolute atomic E-state index is 2.51. The van der Waals surface area contributed by atoms with Crippen molar-refractivity contribution in [3.05, 3.63) is 144 Å². The summed E-state index contributed by atoms with van der Waals surface area (Å²) in [4.78, 5) is 0. The maximum atomic E-state index is 2.51. The largest absolute Gasteiger partial charge is 0.308 e. The Morgan fingerprint density at radius 1 is 0.575 bits per heavy atom. The van der Waals surface area contributed by atoms with E-state index in [4.69, 9.17) is 0 Å². The molecule has 1 aromatic heterocycles. The van der Waals surface area contributed by atoms with E-state index in [1.807, 2.05) is 0 Å². The monoisotopic (exact) mass is 511 g/mol. The summed E-state index contributed by atoms with van der Waals surface area (Å²) in [6.07, 6.45) is 6.84. The standard InChI is InChI=1S/C39H29N/c1-26-16-18-27(19-17-26)30-11-6-12-31(24-30)32-21-23-38-36(25-32)35-22-20-29-9-3-5-14-34(29)39(35)40(38)37-15-7-10-28-8-2-4-13-33(28)37/h3-7,9-25H,2,8H2,1H3. The minimum absolute atomic E-state index is 1.10. The van der Waals surface area contributed by atoms with E-state index in [0.29, 0.717) is 0 Å². The van der Waals surface area contributed by atoms with E-state index >= 15 is 0 Å². The van der Waals surface area contributed by atoms with Crippen LogP contribution in [0, 0.1) is 6.92 Å². The molecule has 7 aromatic rings. The summed E-state index contributed by atoms with van der Waals surface area (Å²) >= 11 is 0. The molecule has 6 aromatic carbocycles. The molecule has 40 heavy (non-hydrogen) atoms. The zero-order valence-corrected chi connectivity index (χ0v) is 22.6. The third-order valence-electron chi connectivity index (χ3n) is 8.51. The van der Waals surface area contributed by atoms with Gasteiger partial charge in [0, 0.05) is 21.7 Å². The first-order valence-electron chi connectivity index (χ1n) is 14.2. The molecule has 0 radical (unpaired) electrons. The average Bonchev–Trinajstić information content (AvgIpc) is 3.35. The summed E-state index contributed by atoms with van der Waals surface area (Å²) in [7, 11) is 0. The zero-order chi connectivity index (χ0) is 26.6. The Morgan fingerprint density at radius 2 is 1.35 bits per heavy atom. The van der Waals surface area contributed by atoms with E-state index in [-0.39, 0.29) is 0 Å². The molecule has 0 spiro atoms. The van der Waals surface area contributed by atoms with E-state index in [1.165, 1.54) is 77.2 Å². The van der Waals surface area contributed by atoms with E-state index in [2.05, 4.69) is 145 Å². The van der Waals surface area contributed by atoms with Crippen LogP contribution < -0.4 is 0 Å². The van der Waals surface area contributed by atoms with E-state index < -0.39 is 0 Å². The van der Waals surface area contributed by atoms with E-state index in [9.17, 15) is 0 Å². The van der Waals surface area contributed by atoms with Crippen molar-refractivity contribution in [2.75, 3.05) is 0 Å². The van der Waals surface area contributed by atoms with Gasteiger partial charge in [-0.05, 0) is 77.2 Å². The highest BCUT2D eigenvalue weighted by molar-refractivity contribution is 6.19. The van der Waals surface area contributed by atoms with Gasteiger partial charge in [-0.15, -0.1) is 0 Å². The maximum Gasteiger partial charge on any atom is 0.0619 e. The number of hydrogen-bond acceptors (Lipinski definition) is 0. The number of aromatic nitrogens is 1. The second-order valence-corrected chi connectivity index (χ2v) is 11.0. The van der Waals surface area contributed by atoms with Crippen molar-refractivity contribution in [3.63, 3.8) is 0 Å². The number of rotatable bonds is 3. The summed E-state index contributed by atoms with van der Waals surface area (Å²) < 4.78 is 2.51. The highest BCUT2D eigenvalue weighted by Crippen LogP contribution is 2.40. The van der Waals surface area contributed by atoms with Gasteiger partial charge < -0.3 is 4.57 Å².